The molecule has 1 aliphatic rings. The molecule has 6 N–H and O–H groups in total. The standard InChI is InChI=1S/C27H32Cl2N6O7/c1-4-20(39)32-16-8-42-9-17(16)34-26-30-7-14-5-15(21-22(28)18(40-2)6-19(41-3)23(21)29)33-25(24(14)35-26)31-10-27(11-36,12-37)13-38/h4-7,16-17,36-38H,1,8-13H2,2-3H3,(H,31,33)(H,32,39)(H,30,34,35)/t16-,17+/m0/s1. The lowest BCUT2D eigenvalue weighted by molar-refractivity contribution is -0.117. The molecule has 0 radical (unpaired) electrons. The van der Waals surface area contributed by atoms with E-state index in [1.807, 2.05) is 0 Å². The van der Waals surface area contributed by atoms with Crippen molar-refractivity contribution in [1.29, 1.82) is 0 Å². The molecule has 1 saturated heterocycles. The third-order valence-corrected chi connectivity index (χ3v) is 7.69. The van der Waals surface area contributed by atoms with Crippen molar-refractivity contribution in [3.05, 3.63) is 41.0 Å². The van der Waals surface area contributed by atoms with Gasteiger partial charge in [0.15, 0.2) is 5.82 Å². The number of nitrogens with zero attached hydrogens (tertiary/aromatic N) is 3. The van der Waals surface area contributed by atoms with Crippen molar-refractivity contribution in [1.82, 2.24) is 20.3 Å². The molecular weight excluding hydrogens is 591 g/mol. The fourth-order valence-electron chi connectivity index (χ4n) is 4.31. The van der Waals surface area contributed by atoms with E-state index in [0.29, 0.717) is 46.9 Å². The Kier molecular flexibility index (Phi) is 10.2. The summed E-state index contributed by atoms with van der Waals surface area (Å²) in [6.45, 7) is 2.58. The highest BCUT2D eigenvalue weighted by molar-refractivity contribution is 6.41. The molecule has 0 unspecified atom stereocenters. The molecule has 1 aliphatic heterocycles. The van der Waals surface area contributed by atoms with E-state index in [0.717, 1.165) is 0 Å². The average Bonchev–Trinajstić information content (AvgIpc) is 3.44. The zero-order valence-electron chi connectivity index (χ0n) is 23.0. The zero-order valence-corrected chi connectivity index (χ0v) is 24.5. The van der Waals surface area contributed by atoms with Crippen molar-refractivity contribution in [3.63, 3.8) is 0 Å². The van der Waals surface area contributed by atoms with E-state index in [-0.39, 0.29) is 46.3 Å². The Balaban J connectivity index is 1.81. The number of carbonyl (C=O) groups is 1. The number of halogens is 2. The molecule has 1 aromatic carbocycles. The Bertz CT molecular complexity index is 1420. The number of aliphatic hydroxyl groups excluding tert-OH is 3. The second kappa shape index (κ2) is 13.7. The van der Waals surface area contributed by atoms with Crippen molar-refractivity contribution in [2.24, 2.45) is 5.41 Å². The number of anilines is 2. The maximum Gasteiger partial charge on any atom is 0.243 e. The fourth-order valence-corrected chi connectivity index (χ4v) is 5.00. The minimum atomic E-state index is -1.25. The molecule has 1 fully saturated rings. The van der Waals surface area contributed by atoms with Gasteiger partial charge in [-0.2, -0.15) is 0 Å². The maximum absolute atomic E-state index is 11.8. The molecule has 3 heterocycles. The van der Waals surface area contributed by atoms with Crippen molar-refractivity contribution < 1.29 is 34.3 Å². The number of nitrogens with one attached hydrogen (secondary N) is 3. The Morgan fingerprint density at radius 3 is 2.33 bits per heavy atom. The van der Waals surface area contributed by atoms with Crippen LogP contribution in [-0.4, -0.2) is 102 Å². The van der Waals surface area contributed by atoms with Gasteiger partial charge in [-0.25, -0.2) is 15.0 Å². The van der Waals surface area contributed by atoms with E-state index in [9.17, 15) is 20.1 Å². The number of benzene rings is 1. The number of aliphatic hydroxyl groups is 3. The number of hydrogen-bond donors (Lipinski definition) is 6. The molecule has 0 saturated carbocycles. The number of amides is 1. The summed E-state index contributed by atoms with van der Waals surface area (Å²) in [5.74, 6) is 0.784. The van der Waals surface area contributed by atoms with Crippen molar-refractivity contribution in [2.75, 3.05) is 64.4 Å². The van der Waals surface area contributed by atoms with E-state index < -0.39 is 25.2 Å². The topological polar surface area (TPSA) is 180 Å². The summed E-state index contributed by atoms with van der Waals surface area (Å²) >= 11 is 13.3. The summed E-state index contributed by atoms with van der Waals surface area (Å²) in [6, 6.07) is 2.60. The normalized spacial score (nSPS) is 16.7. The van der Waals surface area contributed by atoms with Gasteiger partial charge >= 0.3 is 0 Å². The first-order valence-electron chi connectivity index (χ1n) is 12.8. The first-order chi connectivity index (χ1) is 20.2. The van der Waals surface area contributed by atoms with Crippen molar-refractivity contribution in [2.45, 2.75) is 12.1 Å². The van der Waals surface area contributed by atoms with Gasteiger partial charge in [-0.1, -0.05) is 29.8 Å². The van der Waals surface area contributed by atoms with Gasteiger partial charge in [-0.3, -0.25) is 4.79 Å². The Morgan fingerprint density at radius 2 is 1.74 bits per heavy atom. The number of ether oxygens (including phenoxy) is 3. The quantitative estimate of drug-likeness (QED) is 0.153. The minimum Gasteiger partial charge on any atom is -0.495 e. The predicted octanol–water partition coefficient (Wildman–Crippen LogP) is 1.87. The molecule has 42 heavy (non-hydrogen) atoms. The van der Waals surface area contributed by atoms with Crippen LogP contribution in [0.1, 0.15) is 0 Å². The molecule has 2 atom stereocenters. The van der Waals surface area contributed by atoms with E-state index in [1.54, 1.807) is 18.3 Å². The third kappa shape index (κ3) is 6.46. The summed E-state index contributed by atoms with van der Waals surface area (Å²) in [4.78, 5) is 25.7. The summed E-state index contributed by atoms with van der Waals surface area (Å²) in [6.07, 6.45) is 2.76. The summed E-state index contributed by atoms with van der Waals surface area (Å²) in [5.41, 5.74) is -0.194. The van der Waals surface area contributed by atoms with Gasteiger partial charge in [0.25, 0.3) is 0 Å². The number of rotatable bonds is 13. The van der Waals surface area contributed by atoms with Gasteiger partial charge in [0.05, 0.1) is 80.5 Å². The second-order valence-electron chi connectivity index (χ2n) is 9.71. The lowest BCUT2D eigenvalue weighted by Crippen LogP contribution is -2.45. The number of methoxy groups -OCH3 is 2. The zero-order chi connectivity index (χ0) is 30.4. The molecular formula is C27H32Cl2N6O7. The first-order valence-corrected chi connectivity index (χ1v) is 13.6. The van der Waals surface area contributed by atoms with Crippen LogP contribution in [0.2, 0.25) is 10.0 Å². The largest absolute Gasteiger partial charge is 0.495 e. The molecule has 3 aromatic rings. The molecule has 0 spiro atoms. The Morgan fingerprint density at radius 1 is 1.10 bits per heavy atom. The molecule has 1 amide bonds. The second-order valence-corrected chi connectivity index (χ2v) is 10.5. The van der Waals surface area contributed by atoms with Crippen molar-refractivity contribution in [3.8, 4) is 22.8 Å². The SMILES string of the molecule is C=CC(=O)N[C@H]1COC[C@H]1Nc1ncc2cc(-c3c(Cl)c(OC)cc(OC)c3Cl)nc(NCC(CO)(CO)CO)c2n1. The van der Waals surface area contributed by atoms with Crippen LogP contribution >= 0.6 is 23.2 Å². The van der Waals surface area contributed by atoms with Gasteiger partial charge in [0.2, 0.25) is 11.9 Å². The highest BCUT2D eigenvalue weighted by atomic mass is 35.5. The number of pyridine rings is 1. The van der Waals surface area contributed by atoms with E-state index in [2.05, 4.69) is 32.5 Å². The van der Waals surface area contributed by atoms with Crippen LogP contribution in [0, 0.1) is 5.41 Å². The number of aromatic nitrogens is 3. The molecule has 2 aromatic heterocycles. The van der Waals surface area contributed by atoms with Crippen LogP contribution in [-0.2, 0) is 9.53 Å². The number of carbonyl (C=O) groups excluding carboxylic acids is 1. The molecule has 226 valence electrons. The average molecular weight is 623 g/mol. The highest BCUT2D eigenvalue weighted by Gasteiger charge is 2.31. The van der Waals surface area contributed by atoms with Gasteiger partial charge in [0, 0.05) is 29.8 Å². The van der Waals surface area contributed by atoms with Gasteiger partial charge in [-0.15, -0.1) is 0 Å². The molecule has 0 aliphatic carbocycles. The van der Waals surface area contributed by atoms with Crippen LogP contribution < -0.4 is 25.4 Å². The predicted molar refractivity (Wildman–Crippen MR) is 158 cm³/mol. The van der Waals surface area contributed by atoms with Crippen LogP contribution in [0.3, 0.4) is 0 Å². The van der Waals surface area contributed by atoms with Crippen molar-refractivity contribution >= 4 is 51.8 Å². The smallest absolute Gasteiger partial charge is 0.243 e. The monoisotopic (exact) mass is 622 g/mol. The van der Waals surface area contributed by atoms with Crippen LogP contribution in [0.4, 0.5) is 11.8 Å². The fraction of sp³-hybridized carbons (Fsp3) is 0.407. The molecule has 13 nitrogen and oxygen atoms in total. The van der Waals surface area contributed by atoms with Gasteiger partial charge < -0.3 is 45.5 Å². The third-order valence-electron chi connectivity index (χ3n) is 6.94. The molecule has 15 heteroatoms. The number of fused-ring (bicyclic) bond motifs is 1. The summed E-state index contributed by atoms with van der Waals surface area (Å²) in [7, 11) is 2.92. The van der Waals surface area contributed by atoms with Gasteiger partial charge in [-0.05, 0) is 12.1 Å². The van der Waals surface area contributed by atoms with Crippen LogP contribution in [0.25, 0.3) is 22.2 Å². The molecule has 4 rings (SSSR count). The Hall–Kier alpha value is -3.46. The summed E-state index contributed by atoms with van der Waals surface area (Å²) < 4.78 is 16.3. The van der Waals surface area contributed by atoms with E-state index >= 15 is 0 Å². The van der Waals surface area contributed by atoms with Crippen LogP contribution in [0.5, 0.6) is 11.5 Å². The molecule has 0 bridgehead atoms. The first kappa shape index (κ1) is 31.5. The summed E-state index contributed by atoms with van der Waals surface area (Å²) in [5, 5.41) is 39.7. The maximum atomic E-state index is 11.8. The Labute approximate surface area is 251 Å². The number of hydrogen-bond acceptors (Lipinski definition) is 12. The van der Waals surface area contributed by atoms with E-state index in [4.69, 9.17) is 42.4 Å². The highest BCUT2D eigenvalue weighted by Crippen LogP contribution is 2.46. The minimum absolute atomic E-state index is 0.0517. The van der Waals surface area contributed by atoms with E-state index in [1.165, 1.54) is 20.3 Å². The lowest BCUT2D eigenvalue weighted by atomic mass is 9.91. The lowest BCUT2D eigenvalue weighted by Gasteiger charge is -2.28. The van der Waals surface area contributed by atoms with Crippen LogP contribution in [0.15, 0.2) is 31.0 Å². The van der Waals surface area contributed by atoms with Gasteiger partial charge in [0.1, 0.15) is 17.0 Å².